The first-order valence-corrected chi connectivity index (χ1v) is 7.68. The fraction of sp³-hybridized carbons (Fsp3) is 0.250. The summed E-state index contributed by atoms with van der Waals surface area (Å²) in [7, 11) is 1.46. The fourth-order valence-electron chi connectivity index (χ4n) is 1.97. The Morgan fingerprint density at radius 2 is 1.91 bits per heavy atom. The van der Waals surface area contributed by atoms with Gasteiger partial charge in [-0.3, -0.25) is 4.79 Å². The topological polar surface area (TPSA) is 64.4 Å². The number of carbonyl (C=O) groups excluding carboxylic acids is 1. The molecule has 1 heterocycles. The van der Waals surface area contributed by atoms with E-state index < -0.39 is 0 Å². The molecule has 2 rings (SSSR count). The van der Waals surface area contributed by atoms with E-state index in [1.165, 1.54) is 7.11 Å². The standard InChI is InChI=1S/C16H15Cl2N3O2/c1-23-21-15(11-3-5-13(17)14(18)9-11)6-4-12(22)10-16-19-7-2-8-20-16/h2-3,5,7-9H,4,6,10H2,1H3/b21-15+. The Balaban J connectivity index is 2.01. The minimum absolute atomic E-state index is 0.0278. The first-order chi connectivity index (χ1) is 11.1. The minimum atomic E-state index is 0.0278. The highest BCUT2D eigenvalue weighted by atomic mass is 35.5. The Bertz CT molecular complexity index is 706. The van der Waals surface area contributed by atoms with Crippen LogP contribution in [-0.4, -0.2) is 28.6 Å². The van der Waals surface area contributed by atoms with E-state index in [-0.39, 0.29) is 12.2 Å². The average molecular weight is 352 g/mol. The summed E-state index contributed by atoms with van der Waals surface area (Å²) < 4.78 is 0. The smallest absolute Gasteiger partial charge is 0.140 e. The number of benzene rings is 1. The van der Waals surface area contributed by atoms with Crippen LogP contribution in [-0.2, 0) is 16.1 Å². The maximum absolute atomic E-state index is 12.1. The summed E-state index contributed by atoms with van der Waals surface area (Å²) in [5.74, 6) is 0.539. The van der Waals surface area contributed by atoms with Crippen molar-refractivity contribution in [3.05, 3.63) is 58.1 Å². The van der Waals surface area contributed by atoms with Gasteiger partial charge < -0.3 is 4.84 Å². The fourth-order valence-corrected chi connectivity index (χ4v) is 2.27. The minimum Gasteiger partial charge on any atom is -0.399 e. The number of hydrogen-bond donors (Lipinski definition) is 0. The monoisotopic (exact) mass is 351 g/mol. The summed E-state index contributed by atoms with van der Waals surface area (Å²) in [6.07, 6.45) is 4.16. The van der Waals surface area contributed by atoms with Crippen molar-refractivity contribution in [1.29, 1.82) is 0 Å². The van der Waals surface area contributed by atoms with E-state index in [1.54, 1.807) is 36.7 Å². The molecule has 2 aromatic rings. The first-order valence-electron chi connectivity index (χ1n) is 6.93. The van der Waals surface area contributed by atoms with Gasteiger partial charge in [0.25, 0.3) is 0 Å². The molecule has 7 heteroatoms. The maximum Gasteiger partial charge on any atom is 0.140 e. The van der Waals surface area contributed by atoms with Crippen LogP contribution in [0.3, 0.4) is 0 Å². The van der Waals surface area contributed by atoms with Crippen LogP contribution in [0.15, 0.2) is 41.8 Å². The first kappa shape index (κ1) is 17.4. The van der Waals surface area contributed by atoms with Gasteiger partial charge in [0.2, 0.25) is 0 Å². The molecule has 0 bridgehead atoms. The number of rotatable bonds is 7. The Kier molecular flexibility index (Phi) is 6.50. The lowest BCUT2D eigenvalue weighted by atomic mass is 10.0. The zero-order valence-corrected chi connectivity index (χ0v) is 14.0. The van der Waals surface area contributed by atoms with Gasteiger partial charge in [-0.2, -0.15) is 0 Å². The molecule has 0 radical (unpaired) electrons. The summed E-state index contributed by atoms with van der Waals surface area (Å²) in [5, 5.41) is 4.87. The van der Waals surface area contributed by atoms with Crippen LogP contribution in [0.1, 0.15) is 24.2 Å². The normalized spacial score (nSPS) is 11.3. The Morgan fingerprint density at radius 1 is 1.17 bits per heavy atom. The lowest BCUT2D eigenvalue weighted by Gasteiger charge is -2.07. The summed E-state index contributed by atoms with van der Waals surface area (Å²) in [6.45, 7) is 0. The second kappa shape index (κ2) is 8.60. The summed E-state index contributed by atoms with van der Waals surface area (Å²) in [4.78, 5) is 25.0. The Hall–Kier alpha value is -1.98. The summed E-state index contributed by atoms with van der Waals surface area (Å²) >= 11 is 11.9. The third kappa shape index (κ3) is 5.30. The SMILES string of the molecule is CO/N=C(\CCC(=O)Cc1ncccn1)c1ccc(Cl)c(Cl)c1. The number of ketones is 1. The van der Waals surface area contributed by atoms with Gasteiger partial charge in [-0.1, -0.05) is 34.4 Å². The van der Waals surface area contributed by atoms with Crippen molar-refractivity contribution in [3.8, 4) is 0 Å². The number of Topliss-reactive ketones (excluding diaryl/α,β-unsaturated/α-hetero) is 1. The van der Waals surface area contributed by atoms with E-state index in [1.807, 2.05) is 0 Å². The van der Waals surface area contributed by atoms with E-state index in [0.717, 1.165) is 5.56 Å². The molecule has 1 aromatic carbocycles. The molecule has 120 valence electrons. The molecule has 23 heavy (non-hydrogen) atoms. The highest BCUT2D eigenvalue weighted by Crippen LogP contribution is 2.23. The second-order valence-electron chi connectivity index (χ2n) is 4.73. The predicted molar refractivity (Wildman–Crippen MR) is 90.0 cm³/mol. The molecule has 0 aliphatic rings. The van der Waals surface area contributed by atoms with Gasteiger partial charge in [0.1, 0.15) is 18.7 Å². The third-order valence-electron chi connectivity index (χ3n) is 3.07. The maximum atomic E-state index is 12.1. The quantitative estimate of drug-likeness (QED) is 0.563. The van der Waals surface area contributed by atoms with Gasteiger partial charge in [0, 0.05) is 30.8 Å². The van der Waals surface area contributed by atoms with Crippen LogP contribution in [0.5, 0.6) is 0 Å². The molecule has 0 unspecified atom stereocenters. The summed E-state index contributed by atoms with van der Waals surface area (Å²) in [5.41, 5.74) is 1.40. The van der Waals surface area contributed by atoms with Crippen LogP contribution >= 0.6 is 23.2 Å². The predicted octanol–water partition coefficient (Wildman–Crippen LogP) is 3.73. The number of nitrogens with zero attached hydrogens (tertiary/aromatic N) is 3. The molecular weight excluding hydrogens is 337 g/mol. The van der Waals surface area contributed by atoms with Crippen molar-refractivity contribution < 1.29 is 9.63 Å². The lowest BCUT2D eigenvalue weighted by Crippen LogP contribution is -2.10. The molecule has 0 saturated carbocycles. The van der Waals surface area contributed by atoms with Crippen molar-refractivity contribution in [1.82, 2.24) is 9.97 Å². The third-order valence-corrected chi connectivity index (χ3v) is 3.81. The van der Waals surface area contributed by atoms with Crippen molar-refractivity contribution in [2.24, 2.45) is 5.16 Å². The molecule has 0 amide bonds. The van der Waals surface area contributed by atoms with Crippen molar-refractivity contribution in [3.63, 3.8) is 0 Å². The van der Waals surface area contributed by atoms with Gasteiger partial charge in [0.15, 0.2) is 0 Å². The average Bonchev–Trinajstić information content (AvgIpc) is 2.55. The molecule has 0 N–H and O–H groups in total. The van der Waals surface area contributed by atoms with Crippen LogP contribution in [0, 0.1) is 0 Å². The van der Waals surface area contributed by atoms with Crippen LogP contribution in [0.2, 0.25) is 10.0 Å². The highest BCUT2D eigenvalue weighted by Gasteiger charge is 2.12. The molecule has 0 aliphatic carbocycles. The molecular formula is C16H15Cl2N3O2. The Morgan fingerprint density at radius 3 is 2.57 bits per heavy atom. The summed E-state index contributed by atoms with van der Waals surface area (Å²) in [6, 6.07) is 6.88. The number of aromatic nitrogens is 2. The zero-order valence-electron chi connectivity index (χ0n) is 12.5. The van der Waals surface area contributed by atoms with E-state index >= 15 is 0 Å². The number of carbonyl (C=O) groups is 1. The zero-order chi connectivity index (χ0) is 16.7. The van der Waals surface area contributed by atoms with E-state index in [2.05, 4.69) is 15.1 Å². The molecule has 0 aliphatic heterocycles. The highest BCUT2D eigenvalue weighted by molar-refractivity contribution is 6.42. The van der Waals surface area contributed by atoms with E-state index in [0.29, 0.717) is 34.4 Å². The van der Waals surface area contributed by atoms with E-state index in [9.17, 15) is 4.79 Å². The van der Waals surface area contributed by atoms with Gasteiger partial charge in [-0.05, 0) is 18.2 Å². The van der Waals surface area contributed by atoms with Gasteiger partial charge in [-0.15, -0.1) is 0 Å². The molecule has 0 fully saturated rings. The van der Waals surface area contributed by atoms with Crippen LogP contribution in [0.4, 0.5) is 0 Å². The van der Waals surface area contributed by atoms with Gasteiger partial charge in [-0.25, -0.2) is 9.97 Å². The van der Waals surface area contributed by atoms with Crippen molar-refractivity contribution in [2.75, 3.05) is 7.11 Å². The number of oxime groups is 1. The molecule has 0 spiro atoms. The van der Waals surface area contributed by atoms with Crippen LogP contribution < -0.4 is 0 Å². The van der Waals surface area contributed by atoms with E-state index in [4.69, 9.17) is 28.0 Å². The number of hydrogen-bond acceptors (Lipinski definition) is 5. The van der Waals surface area contributed by atoms with Crippen molar-refractivity contribution >= 4 is 34.7 Å². The Labute approximate surface area is 144 Å². The lowest BCUT2D eigenvalue weighted by molar-refractivity contribution is -0.118. The molecule has 1 aromatic heterocycles. The molecule has 0 atom stereocenters. The van der Waals surface area contributed by atoms with Crippen molar-refractivity contribution in [2.45, 2.75) is 19.3 Å². The van der Waals surface area contributed by atoms with Gasteiger partial charge in [0.05, 0.1) is 22.2 Å². The van der Waals surface area contributed by atoms with Crippen LogP contribution in [0.25, 0.3) is 0 Å². The molecule has 5 nitrogen and oxygen atoms in total. The molecule has 0 saturated heterocycles. The second-order valence-corrected chi connectivity index (χ2v) is 5.54. The van der Waals surface area contributed by atoms with Gasteiger partial charge >= 0.3 is 0 Å². The number of halogens is 2. The largest absolute Gasteiger partial charge is 0.399 e.